The molecular formula is C35H26Cl2F3N3O3. The van der Waals surface area contributed by atoms with E-state index in [0.717, 1.165) is 23.3 Å². The van der Waals surface area contributed by atoms with Crippen molar-refractivity contribution in [2.75, 3.05) is 13.1 Å². The fourth-order valence-corrected chi connectivity index (χ4v) is 5.23. The molecule has 0 aliphatic heterocycles. The van der Waals surface area contributed by atoms with Gasteiger partial charge in [0.05, 0.1) is 29.4 Å². The molecule has 0 amide bonds. The van der Waals surface area contributed by atoms with Crippen molar-refractivity contribution in [3.8, 4) is 22.4 Å². The van der Waals surface area contributed by atoms with Gasteiger partial charge in [-0.3, -0.25) is 14.9 Å². The van der Waals surface area contributed by atoms with Crippen LogP contribution in [0.4, 0.5) is 13.2 Å². The quantitative estimate of drug-likeness (QED) is 0.138. The van der Waals surface area contributed by atoms with Crippen molar-refractivity contribution in [1.82, 2.24) is 14.9 Å². The van der Waals surface area contributed by atoms with Gasteiger partial charge in [0.2, 0.25) is 0 Å². The highest BCUT2D eigenvalue weighted by Gasteiger charge is 2.30. The van der Waals surface area contributed by atoms with Gasteiger partial charge in [-0.15, -0.1) is 0 Å². The first-order valence-corrected chi connectivity index (χ1v) is 14.7. The Balaban J connectivity index is 1.39. The molecule has 0 aliphatic rings. The minimum atomic E-state index is -4.42. The third-order valence-electron chi connectivity index (χ3n) is 7.06. The first kappa shape index (κ1) is 32.7. The highest BCUT2D eigenvalue weighted by molar-refractivity contribution is 6.36. The lowest BCUT2D eigenvalue weighted by Crippen LogP contribution is -2.28. The van der Waals surface area contributed by atoms with E-state index in [1.807, 2.05) is 47.2 Å². The number of hydrogen-bond acceptors (Lipinski definition) is 4. The molecule has 5 rings (SSSR count). The molecule has 11 heteroatoms. The van der Waals surface area contributed by atoms with E-state index in [2.05, 4.69) is 5.32 Å². The van der Waals surface area contributed by atoms with Gasteiger partial charge in [0, 0.05) is 28.9 Å². The van der Waals surface area contributed by atoms with Crippen molar-refractivity contribution in [2.45, 2.75) is 12.7 Å². The van der Waals surface area contributed by atoms with Crippen LogP contribution in [-0.2, 0) is 17.5 Å². The van der Waals surface area contributed by atoms with Gasteiger partial charge in [-0.05, 0) is 58.7 Å². The fraction of sp³-hybridized carbons (Fsp3) is 0.114. The Hall–Kier alpha value is -4.70. The van der Waals surface area contributed by atoms with Crippen molar-refractivity contribution in [3.05, 3.63) is 135 Å². The van der Waals surface area contributed by atoms with Crippen LogP contribution in [0.25, 0.3) is 34.5 Å². The lowest BCUT2D eigenvalue weighted by atomic mass is 10.0. The van der Waals surface area contributed by atoms with Crippen molar-refractivity contribution < 1.29 is 27.9 Å². The summed E-state index contributed by atoms with van der Waals surface area (Å²) in [7, 11) is 0. The molecule has 6 nitrogen and oxygen atoms in total. The van der Waals surface area contributed by atoms with E-state index in [0.29, 0.717) is 50.4 Å². The number of aromatic nitrogens is 2. The Morgan fingerprint density at radius 1 is 0.870 bits per heavy atom. The number of halogens is 5. The molecule has 0 fully saturated rings. The van der Waals surface area contributed by atoms with Gasteiger partial charge in [-0.25, -0.2) is 4.98 Å². The Bertz CT molecular complexity index is 1900. The third kappa shape index (κ3) is 8.31. The Kier molecular flexibility index (Phi) is 10.1. The molecule has 0 aliphatic carbocycles. The van der Waals surface area contributed by atoms with Crippen LogP contribution < -0.4 is 5.32 Å². The number of alkyl halides is 3. The van der Waals surface area contributed by atoms with Gasteiger partial charge >= 0.3 is 12.1 Å². The monoisotopic (exact) mass is 663 g/mol. The highest BCUT2D eigenvalue weighted by Crippen LogP contribution is 2.33. The number of rotatable bonds is 11. The van der Waals surface area contributed by atoms with Gasteiger partial charge in [0.25, 0.3) is 0 Å². The van der Waals surface area contributed by atoms with Gasteiger partial charge in [-0.1, -0.05) is 89.9 Å². The van der Waals surface area contributed by atoms with E-state index < -0.39 is 17.7 Å². The fourth-order valence-electron chi connectivity index (χ4n) is 4.73. The summed E-state index contributed by atoms with van der Waals surface area (Å²) in [6.07, 6.45) is 1.13. The zero-order valence-electron chi connectivity index (χ0n) is 24.1. The number of ketones is 1. The molecule has 0 bridgehead atoms. The maximum absolute atomic E-state index is 13.2. The van der Waals surface area contributed by atoms with Crippen LogP contribution in [0, 0.1) is 0 Å². The minimum absolute atomic E-state index is 0.0890. The van der Waals surface area contributed by atoms with Crippen LogP contribution in [0.5, 0.6) is 0 Å². The van der Waals surface area contributed by atoms with Crippen LogP contribution in [0.2, 0.25) is 10.0 Å². The predicted octanol–water partition coefficient (Wildman–Crippen LogP) is 8.62. The average molecular weight is 665 g/mol. The van der Waals surface area contributed by atoms with Gasteiger partial charge in [-0.2, -0.15) is 13.2 Å². The standard InChI is InChI=1S/C35H26Cl2F3N3O3/c36-28-13-14-29(30(37)17-28)31-21-43(20-23-6-11-25(12-7-23)32(44)18-41-19-34(45)46)33(42-31)15-8-22-4-9-24(10-5-22)26-2-1-3-27(16-26)35(38,39)40/h1-17,21,41H,18-20H2,(H,45,46)/b15-8+. The van der Waals surface area contributed by atoms with Crippen molar-refractivity contribution in [2.24, 2.45) is 0 Å². The molecule has 46 heavy (non-hydrogen) atoms. The van der Waals surface area contributed by atoms with Crippen molar-refractivity contribution >= 4 is 47.1 Å². The summed E-state index contributed by atoms with van der Waals surface area (Å²) in [5.74, 6) is -0.654. The van der Waals surface area contributed by atoms with Gasteiger partial charge in [0.15, 0.2) is 5.78 Å². The molecule has 0 spiro atoms. The topological polar surface area (TPSA) is 84.2 Å². The zero-order valence-corrected chi connectivity index (χ0v) is 25.6. The zero-order chi connectivity index (χ0) is 32.8. The van der Waals surface area contributed by atoms with Crippen molar-refractivity contribution in [1.29, 1.82) is 0 Å². The molecule has 1 heterocycles. The number of carbonyl (C=O) groups excluding carboxylic acids is 1. The second kappa shape index (κ2) is 14.2. The Labute approximate surface area is 272 Å². The van der Waals surface area contributed by atoms with E-state index >= 15 is 0 Å². The lowest BCUT2D eigenvalue weighted by Gasteiger charge is -2.09. The normalized spacial score (nSPS) is 11.7. The van der Waals surface area contributed by atoms with Crippen LogP contribution in [0.1, 0.15) is 32.9 Å². The molecule has 0 radical (unpaired) electrons. The molecule has 4 aromatic carbocycles. The number of hydrogen-bond donors (Lipinski definition) is 2. The molecule has 0 unspecified atom stereocenters. The summed E-state index contributed by atoms with van der Waals surface area (Å²) in [4.78, 5) is 27.9. The SMILES string of the molecule is O=C(O)CNCC(=O)c1ccc(Cn2cc(-c3ccc(Cl)cc3Cl)nc2/C=C/c2ccc(-c3cccc(C(F)(F)F)c3)cc2)cc1. The number of benzene rings is 4. The van der Waals surface area contributed by atoms with E-state index in [4.69, 9.17) is 33.3 Å². The molecule has 0 atom stereocenters. The van der Waals surface area contributed by atoms with E-state index in [1.165, 1.54) is 6.07 Å². The van der Waals surface area contributed by atoms with Crippen LogP contribution in [0.15, 0.2) is 97.2 Å². The van der Waals surface area contributed by atoms with Crippen LogP contribution >= 0.6 is 23.2 Å². The summed E-state index contributed by atoms with van der Waals surface area (Å²) in [6, 6.07) is 24.5. The number of imidazole rings is 1. The van der Waals surface area contributed by atoms with Crippen LogP contribution in [-0.4, -0.2) is 39.5 Å². The second-order valence-electron chi connectivity index (χ2n) is 10.4. The first-order valence-electron chi connectivity index (χ1n) is 14.0. The predicted molar refractivity (Wildman–Crippen MR) is 174 cm³/mol. The number of Topliss-reactive ketones (excluding diaryl/α,β-unsaturated/α-hetero) is 1. The third-order valence-corrected chi connectivity index (χ3v) is 7.61. The van der Waals surface area contributed by atoms with Crippen molar-refractivity contribution in [3.63, 3.8) is 0 Å². The van der Waals surface area contributed by atoms with E-state index in [1.54, 1.807) is 48.5 Å². The maximum Gasteiger partial charge on any atom is 0.416 e. The summed E-state index contributed by atoms with van der Waals surface area (Å²) >= 11 is 12.6. The molecular weight excluding hydrogens is 638 g/mol. The number of aliphatic carboxylic acids is 1. The Morgan fingerprint density at radius 3 is 2.28 bits per heavy atom. The van der Waals surface area contributed by atoms with Gasteiger partial charge in [0.1, 0.15) is 5.82 Å². The maximum atomic E-state index is 13.2. The molecule has 5 aromatic rings. The largest absolute Gasteiger partial charge is 0.480 e. The summed E-state index contributed by atoms with van der Waals surface area (Å²) < 4.78 is 41.5. The number of carbonyl (C=O) groups is 2. The smallest absolute Gasteiger partial charge is 0.416 e. The van der Waals surface area contributed by atoms with Crippen LogP contribution in [0.3, 0.4) is 0 Å². The summed E-state index contributed by atoms with van der Waals surface area (Å²) in [6.45, 7) is 0.0209. The first-order chi connectivity index (χ1) is 22.0. The van der Waals surface area contributed by atoms with Gasteiger partial charge < -0.3 is 9.67 Å². The number of nitrogens with zero attached hydrogens (tertiary/aromatic N) is 2. The highest BCUT2D eigenvalue weighted by atomic mass is 35.5. The number of nitrogens with one attached hydrogen (secondary N) is 1. The number of carboxylic acid groups (broad SMARTS) is 1. The lowest BCUT2D eigenvalue weighted by molar-refractivity contribution is -0.138. The summed E-state index contributed by atoms with van der Waals surface area (Å²) in [5.41, 5.74) is 3.90. The minimum Gasteiger partial charge on any atom is -0.480 e. The van der Waals surface area contributed by atoms with E-state index in [-0.39, 0.29) is 18.9 Å². The average Bonchev–Trinajstić information content (AvgIpc) is 3.42. The van der Waals surface area contributed by atoms with E-state index in [9.17, 15) is 22.8 Å². The molecule has 234 valence electrons. The molecule has 0 saturated carbocycles. The second-order valence-corrected chi connectivity index (χ2v) is 11.2. The molecule has 2 N–H and O–H groups in total. The Morgan fingerprint density at radius 2 is 1.61 bits per heavy atom. The molecule has 1 aromatic heterocycles. The molecule has 0 saturated heterocycles. The number of carboxylic acids is 1. The summed E-state index contributed by atoms with van der Waals surface area (Å²) in [5, 5.41) is 12.3.